The third kappa shape index (κ3) is 3.54. The maximum atomic E-state index is 12.0. The van der Waals surface area contributed by atoms with E-state index < -0.39 is 11.2 Å². The number of aromatic amines is 2. The number of aromatic nitrogens is 2. The quantitative estimate of drug-likeness (QED) is 0.571. The fourth-order valence-electron chi connectivity index (χ4n) is 1.91. The average Bonchev–Trinajstić information content (AvgIpc) is 2.52. The van der Waals surface area contributed by atoms with Crippen LogP contribution in [0.3, 0.4) is 0 Å². The van der Waals surface area contributed by atoms with Crippen LogP contribution in [-0.4, -0.2) is 46.3 Å². The van der Waals surface area contributed by atoms with Crippen molar-refractivity contribution in [3.8, 4) is 0 Å². The van der Waals surface area contributed by atoms with Crippen LogP contribution >= 0.6 is 0 Å². The molecule has 102 valence electrons. The molecule has 8 nitrogen and oxygen atoms in total. The van der Waals surface area contributed by atoms with Gasteiger partial charge in [-0.3, -0.25) is 19.4 Å². The van der Waals surface area contributed by atoms with Gasteiger partial charge in [0.15, 0.2) is 0 Å². The molecule has 1 aromatic rings. The van der Waals surface area contributed by atoms with Crippen molar-refractivity contribution < 1.29 is 9.59 Å². The molecule has 0 saturated carbocycles. The van der Waals surface area contributed by atoms with Crippen molar-refractivity contribution >= 4 is 11.8 Å². The molecule has 2 rings (SSSR count). The van der Waals surface area contributed by atoms with Crippen molar-refractivity contribution in [1.82, 2.24) is 20.2 Å². The highest BCUT2D eigenvalue weighted by Gasteiger charge is 2.20. The highest BCUT2D eigenvalue weighted by Crippen LogP contribution is 2.01. The minimum atomic E-state index is -0.649. The van der Waals surface area contributed by atoms with Gasteiger partial charge in [-0.15, -0.1) is 0 Å². The van der Waals surface area contributed by atoms with Gasteiger partial charge in [-0.05, 0) is 6.42 Å². The molecular weight excluding hydrogens is 252 g/mol. The van der Waals surface area contributed by atoms with Crippen LogP contribution in [0.4, 0.5) is 0 Å². The normalized spacial score (nSPS) is 15.8. The summed E-state index contributed by atoms with van der Waals surface area (Å²) in [6.07, 6.45) is 0.579. The zero-order valence-electron chi connectivity index (χ0n) is 10.2. The molecule has 1 aliphatic heterocycles. The first-order valence-electron chi connectivity index (χ1n) is 5.91. The lowest BCUT2D eigenvalue weighted by Gasteiger charge is -2.18. The zero-order valence-corrected chi connectivity index (χ0v) is 10.2. The van der Waals surface area contributed by atoms with Crippen LogP contribution in [0.2, 0.25) is 0 Å². The Morgan fingerprint density at radius 3 is 2.79 bits per heavy atom. The first-order valence-corrected chi connectivity index (χ1v) is 5.91. The second-order valence-corrected chi connectivity index (χ2v) is 4.31. The van der Waals surface area contributed by atoms with E-state index in [0.717, 1.165) is 6.07 Å². The van der Waals surface area contributed by atoms with Crippen molar-refractivity contribution in [3.63, 3.8) is 0 Å². The second kappa shape index (κ2) is 5.51. The summed E-state index contributed by atoms with van der Waals surface area (Å²) in [6, 6.07) is 1.16. The zero-order chi connectivity index (χ0) is 13.8. The Morgan fingerprint density at radius 2 is 2.05 bits per heavy atom. The fraction of sp³-hybridized carbons (Fsp3) is 0.455. The molecule has 1 fully saturated rings. The first-order chi connectivity index (χ1) is 9.04. The first kappa shape index (κ1) is 13.1. The van der Waals surface area contributed by atoms with E-state index in [1.165, 1.54) is 4.90 Å². The number of nitrogens with zero attached hydrogens (tertiary/aromatic N) is 1. The smallest absolute Gasteiger partial charge is 0.325 e. The Bertz CT molecular complexity index is 575. The van der Waals surface area contributed by atoms with Crippen LogP contribution in [0, 0.1) is 0 Å². The standard InChI is InChI=1S/C11H14N4O4/c16-8-4-7(13-11(19)14-8)5-10(18)15-3-1-2-12-9(17)6-15/h4H,1-3,5-6H2,(H,12,17)(H2,13,14,16,19). The van der Waals surface area contributed by atoms with Crippen LogP contribution in [-0.2, 0) is 16.0 Å². The molecule has 0 bridgehead atoms. The Kier molecular flexibility index (Phi) is 3.79. The van der Waals surface area contributed by atoms with Crippen LogP contribution < -0.4 is 16.6 Å². The highest BCUT2D eigenvalue weighted by atomic mass is 16.2. The van der Waals surface area contributed by atoms with Gasteiger partial charge in [0.25, 0.3) is 5.56 Å². The summed E-state index contributed by atoms with van der Waals surface area (Å²) < 4.78 is 0. The molecule has 2 heterocycles. The Labute approximate surface area is 107 Å². The monoisotopic (exact) mass is 266 g/mol. The fourth-order valence-corrected chi connectivity index (χ4v) is 1.91. The number of carbonyl (C=O) groups is 2. The van der Waals surface area contributed by atoms with Gasteiger partial charge in [-0.1, -0.05) is 0 Å². The lowest BCUT2D eigenvalue weighted by Crippen LogP contribution is -2.38. The van der Waals surface area contributed by atoms with Gasteiger partial charge in [-0.25, -0.2) is 4.79 Å². The van der Waals surface area contributed by atoms with Crippen LogP contribution in [0.25, 0.3) is 0 Å². The lowest BCUT2D eigenvalue weighted by atomic mass is 10.2. The molecule has 0 radical (unpaired) electrons. The van der Waals surface area contributed by atoms with Gasteiger partial charge in [0.05, 0.1) is 13.0 Å². The highest BCUT2D eigenvalue weighted by molar-refractivity contribution is 5.85. The summed E-state index contributed by atoms with van der Waals surface area (Å²) in [6.45, 7) is 1.03. The molecule has 0 unspecified atom stereocenters. The van der Waals surface area contributed by atoms with Gasteiger partial charge in [0.1, 0.15) is 0 Å². The van der Waals surface area contributed by atoms with E-state index in [-0.39, 0.29) is 30.5 Å². The molecular formula is C11H14N4O4. The molecule has 2 amide bonds. The molecule has 1 saturated heterocycles. The molecule has 1 aliphatic rings. The topological polar surface area (TPSA) is 115 Å². The molecule has 3 N–H and O–H groups in total. The van der Waals surface area contributed by atoms with Crippen LogP contribution in [0.5, 0.6) is 0 Å². The predicted molar refractivity (Wildman–Crippen MR) is 65.6 cm³/mol. The SMILES string of the molecule is O=C1CN(C(=O)Cc2cc(=O)[nH]c(=O)[nH]2)CCCN1. The third-order valence-corrected chi connectivity index (χ3v) is 2.77. The van der Waals surface area contributed by atoms with Gasteiger partial charge < -0.3 is 15.2 Å². The van der Waals surface area contributed by atoms with Gasteiger partial charge in [0, 0.05) is 24.8 Å². The molecule has 8 heteroatoms. The molecule has 0 aliphatic carbocycles. The maximum absolute atomic E-state index is 12.0. The summed E-state index contributed by atoms with van der Waals surface area (Å²) in [5, 5.41) is 2.67. The van der Waals surface area contributed by atoms with E-state index >= 15 is 0 Å². The number of hydrogen-bond acceptors (Lipinski definition) is 4. The van der Waals surface area contributed by atoms with Crippen molar-refractivity contribution in [2.75, 3.05) is 19.6 Å². The van der Waals surface area contributed by atoms with Crippen molar-refractivity contribution in [3.05, 3.63) is 32.6 Å². The Morgan fingerprint density at radius 1 is 1.26 bits per heavy atom. The van der Waals surface area contributed by atoms with E-state index in [2.05, 4.69) is 10.3 Å². The number of H-pyrrole nitrogens is 2. The van der Waals surface area contributed by atoms with Gasteiger partial charge in [-0.2, -0.15) is 0 Å². The Balaban J connectivity index is 2.09. The van der Waals surface area contributed by atoms with Crippen LogP contribution in [0.1, 0.15) is 12.1 Å². The van der Waals surface area contributed by atoms with Crippen LogP contribution in [0.15, 0.2) is 15.7 Å². The molecule has 0 spiro atoms. The maximum Gasteiger partial charge on any atom is 0.325 e. The van der Waals surface area contributed by atoms with Crippen molar-refractivity contribution in [1.29, 1.82) is 0 Å². The molecule has 1 aromatic heterocycles. The predicted octanol–water partition coefficient (Wildman–Crippen LogP) is -2.05. The lowest BCUT2D eigenvalue weighted by molar-refractivity contribution is -0.134. The number of amides is 2. The molecule has 19 heavy (non-hydrogen) atoms. The summed E-state index contributed by atoms with van der Waals surface area (Å²) in [5.41, 5.74) is -0.965. The average molecular weight is 266 g/mol. The second-order valence-electron chi connectivity index (χ2n) is 4.31. The van der Waals surface area contributed by atoms with Gasteiger partial charge in [0.2, 0.25) is 11.8 Å². The third-order valence-electron chi connectivity index (χ3n) is 2.77. The number of rotatable bonds is 2. The number of nitrogens with one attached hydrogen (secondary N) is 3. The number of carbonyl (C=O) groups excluding carboxylic acids is 2. The van der Waals surface area contributed by atoms with E-state index in [9.17, 15) is 19.2 Å². The van der Waals surface area contributed by atoms with E-state index in [1.54, 1.807) is 0 Å². The van der Waals surface area contributed by atoms with Crippen molar-refractivity contribution in [2.45, 2.75) is 12.8 Å². The molecule has 0 atom stereocenters. The minimum Gasteiger partial charge on any atom is -0.354 e. The largest absolute Gasteiger partial charge is 0.354 e. The van der Waals surface area contributed by atoms with E-state index in [1.807, 2.05) is 4.98 Å². The number of hydrogen-bond donors (Lipinski definition) is 3. The van der Waals surface area contributed by atoms with Crippen molar-refractivity contribution in [2.24, 2.45) is 0 Å². The van der Waals surface area contributed by atoms with Gasteiger partial charge >= 0.3 is 5.69 Å². The summed E-state index contributed by atoms with van der Waals surface area (Å²) >= 11 is 0. The Hall–Kier alpha value is -2.38. The molecule has 0 aromatic carbocycles. The minimum absolute atomic E-state index is 0.00621. The van der Waals surface area contributed by atoms with E-state index in [4.69, 9.17) is 0 Å². The summed E-state index contributed by atoms with van der Waals surface area (Å²) in [7, 11) is 0. The van der Waals surface area contributed by atoms with E-state index in [0.29, 0.717) is 19.5 Å². The summed E-state index contributed by atoms with van der Waals surface area (Å²) in [5.74, 6) is -0.497. The summed E-state index contributed by atoms with van der Waals surface area (Å²) in [4.78, 5) is 51.4.